The number of aryl methyl sites for hydroxylation is 2. The zero-order valence-electron chi connectivity index (χ0n) is 14.4. The minimum Gasteiger partial charge on any atom is -0.355 e. The molecule has 0 saturated carbocycles. The van der Waals surface area contributed by atoms with E-state index < -0.39 is 0 Å². The normalized spacial score (nSPS) is 13.8. The van der Waals surface area contributed by atoms with Gasteiger partial charge in [0.05, 0.1) is 11.3 Å². The quantitative estimate of drug-likeness (QED) is 0.854. The number of aromatic nitrogens is 2. The van der Waals surface area contributed by atoms with Crippen molar-refractivity contribution < 1.29 is 9.59 Å². The van der Waals surface area contributed by atoms with Gasteiger partial charge in [-0.15, -0.1) is 0 Å². The van der Waals surface area contributed by atoms with Gasteiger partial charge in [-0.1, -0.05) is 0 Å². The molecular formula is C18H21N3O3. The Bertz CT molecular complexity index is 905. The van der Waals surface area contributed by atoms with Gasteiger partial charge in [-0.2, -0.15) is 0 Å². The Balaban J connectivity index is 1.94. The molecule has 24 heavy (non-hydrogen) atoms. The van der Waals surface area contributed by atoms with Crippen molar-refractivity contribution in [2.24, 2.45) is 7.05 Å². The molecule has 0 fully saturated rings. The number of nitrogens with zero attached hydrogens (tertiary/aromatic N) is 2. The molecule has 2 aromatic rings. The van der Waals surface area contributed by atoms with E-state index in [1.165, 1.54) is 11.5 Å². The fraction of sp³-hybridized carbons (Fsp3) is 0.389. The fourth-order valence-electron chi connectivity index (χ4n) is 3.39. The maximum Gasteiger partial charge on any atom is 0.256 e. The monoisotopic (exact) mass is 327 g/mol. The van der Waals surface area contributed by atoms with Crippen molar-refractivity contribution in [3.8, 4) is 0 Å². The average Bonchev–Trinajstić information content (AvgIpc) is 2.82. The summed E-state index contributed by atoms with van der Waals surface area (Å²) < 4.78 is 1.54. The van der Waals surface area contributed by atoms with Crippen molar-refractivity contribution in [3.05, 3.63) is 56.3 Å². The number of rotatable bonds is 2. The second kappa shape index (κ2) is 5.78. The molecule has 0 spiro atoms. The van der Waals surface area contributed by atoms with Crippen molar-refractivity contribution in [2.75, 3.05) is 6.54 Å². The number of carbonyl (C=O) groups is 2. The zero-order valence-corrected chi connectivity index (χ0v) is 14.4. The minimum absolute atomic E-state index is 0.0306. The van der Waals surface area contributed by atoms with Crippen LogP contribution in [-0.2, 0) is 20.0 Å². The molecule has 3 rings (SSSR count). The number of Topliss-reactive ketones (excluding diaryl/α,β-unsaturated/α-hetero) is 1. The summed E-state index contributed by atoms with van der Waals surface area (Å²) in [6.07, 6.45) is 2.47. The third-order valence-corrected chi connectivity index (χ3v) is 4.71. The first-order valence-corrected chi connectivity index (χ1v) is 7.97. The molecule has 1 aliphatic rings. The Morgan fingerprint density at radius 2 is 1.92 bits per heavy atom. The summed E-state index contributed by atoms with van der Waals surface area (Å²) in [6.45, 7) is 6.15. The second-order valence-corrected chi connectivity index (χ2v) is 6.43. The molecule has 126 valence electrons. The number of amides is 1. The van der Waals surface area contributed by atoms with E-state index in [1.54, 1.807) is 31.1 Å². The lowest BCUT2D eigenvalue weighted by atomic mass is 10.00. The molecule has 0 saturated heterocycles. The zero-order chi connectivity index (χ0) is 17.6. The van der Waals surface area contributed by atoms with Gasteiger partial charge >= 0.3 is 0 Å². The highest BCUT2D eigenvalue weighted by atomic mass is 16.2. The number of hydrogen-bond acceptors (Lipinski definition) is 3. The molecule has 0 aliphatic carbocycles. The SMILES string of the molecule is CC(=O)c1[nH]c(C)c(C(=O)N2CCc3cc(=O)n(C)cc3C2)c1C. The highest BCUT2D eigenvalue weighted by molar-refractivity contribution is 6.02. The van der Waals surface area contributed by atoms with E-state index >= 15 is 0 Å². The van der Waals surface area contributed by atoms with Crippen LogP contribution in [0.2, 0.25) is 0 Å². The maximum absolute atomic E-state index is 13.0. The molecule has 1 amide bonds. The molecule has 0 bridgehead atoms. The number of aromatic amines is 1. The lowest BCUT2D eigenvalue weighted by molar-refractivity contribution is 0.0733. The van der Waals surface area contributed by atoms with Gasteiger partial charge in [-0.25, -0.2) is 0 Å². The molecule has 0 radical (unpaired) electrons. The fourth-order valence-corrected chi connectivity index (χ4v) is 3.39. The largest absolute Gasteiger partial charge is 0.355 e. The first-order valence-electron chi connectivity index (χ1n) is 7.97. The molecule has 0 unspecified atom stereocenters. The van der Waals surface area contributed by atoms with Crippen LogP contribution in [0.25, 0.3) is 0 Å². The van der Waals surface area contributed by atoms with Crippen LogP contribution in [0, 0.1) is 13.8 Å². The van der Waals surface area contributed by atoms with Crippen LogP contribution < -0.4 is 5.56 Å². The summed E-state index contributed by atoms with van der Waals surface area (Å²) >= 11 is 0. The van der Waals surface area contributed by atoms with Crippen LogP contribution in [0.4, 0.5) is 0 Å². The molecule has 6 nitrogen and oxygen atoms in total. The van der Waals surface area contributed by atoms with Crippen molar-refractivity contribution in [2.45, 2.75) is 33.7 Å². The van der Waals surface area contributed by atoms with Crippen molar-refractivity contribution in [3.63, 3.8) is 0 Å². The van der Waals surface area contributed by atoms with Gasteiger partial charge in [0, 0.05) is 45.0 Å². The van der Waals surface area contributed by atoms with E-state index in [2.05, 4.69) is 4.98 Å². The maximum atomic E-state index is 13.0. The molecule has 0 atom stereocenters. The summed E-state index contributed by atoms with van der Waals surface area (Å²) in [7, 11) is 1.71. The van der Waals surface area contributed by atoms with Gasteiger partial charge < -0.3 is 14.5 Å². The van der Waals surface area contributed by atoms with Crippen LogP contribution in [0.3, 0.4) is 0 Å². The number of fused-ring (bicyclic) bond motifs is 1. The van der Waals surface area contributed by atoms with E-state index in [1.807, 2.05) is 6.92 Å². The van der Waals surface area contributed by atoms with Gasteiger partial charge in [0.25, 0.3) is 11.5 Å². The van der Waals surface area contributed by atoms with E-state index in [4.69, 9.17) is 0 Å². The minimum atomic E-state index is -0.0757. The van der Waals surface area contributed by atoms with Crippen LogP contribution in [0.1, 0.15) is 50.2 Å². The number of nitrogens with one attached hydrogen (secondary N) is 1. The standard InChI is InChI=1S/C18H21N3O3/c1-10-16(11(2)19-17(10)12(3)22)18(24)21-6-5-13-7-15(23)20(4)8-14(13)9-21/h7-8,19H,5-6,9H2,1-4H3. The predicted molar refractivity (Wildman–Crippen MR) is 90.4 cm³/mol. The average molecular weight is 327 g/mol. The highest BCUT2D eigenvalue weighted by Crippen LogP contribution is 2.24. The number of carbonyl (C=O) groups excluding carboxylic acids is 2. The van der Waals surface area contributed by atoms with Gasteiger partial charge in [-0.3, -0.25) is 14.4 Å². The molecule has 1 aliphatic heterocycles. The van der Waals surface area contributed by atoms with E-state index in [-0.39, 0.29) is 17.2 Å². The molecule has 3 heterocycles. The predicted octanol–water partition coefficient (Wildman–Crippen LogP) is 1.73. The molecule has 2 aromatic heterocycles. The van der Waals surface area contributed by atoms with E-state index in [0.717, 1.165) is 11.1 Å². The Hall–Kier alpha value is -2.63. The Labute approximate surface area is 140 Å². The van der Waals surface area contributed by atoms with Gasteiger partial charge in [0.2, 0.25) is 0 Å². The van der Waals surface area contributed by atoms with Gasteiger partial charge in [-0.05, 0) is 37.0 Å². The Kier molecular flexibility index (Phi) is 3.91. The van der Waals surface area contributed by atoms with Crippen LogP contribution in [0.5, 0.6) is 0 Å². The summed E-state index contributed by atoms with van der Waals surface area (Å²) in [6, 6.07) is 1.65. The second-order valence-electron chi connectivity index (χ2n) is 6.43. The molecule has 6 heteroatoms. The molecule has 0 aromatic carbocycles. The molecule has 1 N–H and O–H groups in total. The summed E-state index contributed by atoms with van der Waals surface area (Å²) in [4.78, 5) is 41.2. The summed E-state index contributed by atoms with van der Waals surface area (Å²) in [5.41, 5.74) is 4.47. The van der Waals surface area contributed by atoms with Gasteiger partial charge in [0.1, 0.15) is 0 Å². The summed E-state index contributed by atoms with van der Waals surface area (Å²) in [5, 5.41) is 0. The first-order chi connectivity index (χ1) is 11.3. The lowest BCUT2D eigenvalue weighted by Crippen LogP contribution is -2.37. The van der Waals surface area contributed by atoms with E-state index in [9.17, 15) is 14.4 Å². The third kappa shape index (κ3) is 2.58. The number of H-pyrrole nitrogens is 1. The van der Waals surface area contributed by atoms with E-state index in [0.29, 0.717) is 42.0 Å². The Morgan fingerprint density at radius 3 is 2.54 bits per heavy atom. The highest BCUT2D eigenvalue weighted by Gasteiger charge is 2.27. The first kappa shape index (κ1) is 16.2. The van der Waals surface area contributed by atoms with Crippen molar-refractivity contribution in [1.82, 2.24) is 14.5 Å². The number of ketones is 1. The van der Waals surface area contributed by atoms with Crippen molar-refractivity contribution >= 4 is 11.7 Å². The van der Waals surface area contributed by atoms with Crippen LogP contribution in [-0.4, -0.2) is 32.7 Å². The lowest BCUT2D eigenvalue weighted by Gasteiger charge is -2.29. The topological polar surface area (TPSA) is 75.2 Å². The number of pyridine rings is 1. The summed E-state index contributed by atoms with van der Waals surface area (Å²) in [5.74, 6) is -0.151. The smallest absolute Gasteiger partial charge is 0.256 e. The Morgan fingerprint density at radius 1 is 1.21 bits per heavy atom. The number of hydrogen-bond donors (Lipinski definition) is 1. The van der Waals surface area contributed by atoms with Gasteiger partial charge in [0.15, 0.2) is 5.78 Å². The van der Waals surface area contributed by atoms with Crippen LogP contribution >= 0.6 is 0 Å². The third-order valence-electron chi connectivity index (χ3n) is 4.71. The van der Waals surface area contributed by atoms with Crippen LogP contribution in [0.15, 0.2) is 17.1 Å². The molecular weight excluding hydrogens is 306 g/mol. The van der Waals surface area contributed by atoms with Crippen molar-refractivity contribution in [1.29, 1.82) is 0 Å².